The first kappa shape index (κ1) is 11.7. The summed E-state index contributed by atoms with van der Waals surface area (Å²) in [6, 6.07) is 7.95. The molecular weight excluding hydrogens is 231 g/mol. The number of nitrogens with one attached hydrogen (secondary N) is 2. The summed E-state index contributed by atoms with van der Waals surface area (Å²) in [5.74, 6) is 0. The number of para-hydroxylation sites is 1. The van der Waals surface area contributed by atoms with E-state index in [1.54, 1.807) is 0 Å². The Hall–Kier alpha value is -1.39. The molecule has 96 valence electrons. The smallest absolute Gasteiger partial charge is 0.214 e. The normalized spacial score (nSPS) is 24.5. The number of halogens is 1. The van der Waals surface area contributed by atoms with E-state index in [1.165, 1.54) is 10.9 Å². The summed E-state index contributed by atoms with van der Waals surface area (Å²) >= 11 is 0. The zero-order chi connectivity index (χ0) is 12.4. The van der Waals surface area contributed by atoms with Crippen molar-refractivity contribution in [3.63, 3.8) is 0 Å². The van der Waals surface area contributed by atoms with Crippen molar-refractivity contribution in [3.05, 3.63) is 36.0 Å². The van der Waals surface area contributed by atoms with Gasteiger partial charge in [0.05, 0.1) is 12.6 Å². The number of H-pyrrole nitrogens is 1. The van der Waals surface area contributed by atoms with Gasteiger partial charge >= 0.3 is 0 Å². The number of aromatic amines is 1. The maximum atomic E-state index is 13.5. The predicted molar refractivity (Wildman–Crippen MR) is 69.0 cm³/mol. The highest BCUT2D eigenvalue weighted by molar-refractivity contribution is 5.82. The molecule has 3 rings (SSSR count). The number of hydrogen-bond donors (Lipinski definition) is 2. The van der Waals surface area contributed by atoms with Crippen LogP contribution in [0.25, 0.3) is 10.9 Å². The molecule has 2 N–H and O–H groups in total. The Morgan fingerprint density at radius 3 is 3.17 bits per heavy atom. The van der Waals surface area contributed by atoms with E-state index in [1.807, 2.05) is 24.4 Å². The Bertz CT molecular complexity index is 525. The number of fused-ring (bicyclic) bond motifs is 1. The topological polar surface area (TPSA) is 37.0 Å². The fraction of sp³-hybridized carbons (Fsp3) is 0.429. The largest absolute Gasteiger partial charge is 0.361 e. The fourth-order valence-electron chi connectivity index (χ4n) is 2.46. The van der Waals surface area contributed by atoms with Crippen LogP contribution in [0.2, 0.25) is 0 Å². The first-order valence-electron chi connectivity index (χ1n) is 6.38. The van der Waals surface area contributed by atoms with Gasteiger partial charge in [-0.2, -0.15) is 0 Å². The van der Waals surface area contributed by atoms with E-state index in [0.29, 0.717) is 13.2 Å². The molecule has 0 radical (unpaired) electrons. The van der Waals surface area contributed by atoms with Gasteiger partial charge in [-0.1, -0.05) is 18.2 Å². The zero-order valence-corrected chi connectivity index (χ0v) is 10.2. The molecule has 1 aromatic heterocycles. The Morgan fingerprint density at radius 1 is 1.39 bits per heavy atom. The van der Waals surface area contributed by atoms with Crippen molar-refractivity contribution >= 4 is 10.9 Å². The first-order valence-corrected chi connectivity index (χ1v) is 6.38. The summed E-state index contributed by atoms with van der Waals surface area (Å²) in [6.07, 6.45) is 2.56. The highest BCUT2D eigenvalue weighted by Crippen LogP contribution is 2.19. The van der Waals surface area contributed by atoms with E-state index in [4.69, 9.17) is 4.74 Å². The zero-order valence-electron chi connectivity index (χ0n) is 10.2. The first-order chi connectivity index (χ1) is 8.84. The molecular formula is C14H17FN2O. The quantitative estimate of drug-likeness (QED) is 0.876. The second-order valence-electron chi connectivity index (χ2n) is 4.71. The Morgan fingerprint density at radius 2 is 2.28 bits per heavy atom. The minimum Gasteiger partial charge on any atom is -0.361 e. The van der Waals surface area contributed by atoms with Gasteiger partial charge in [0, 0.05) is 23.6 Å². The highest BCUT2D eigenvalue weighted by Gasteiger charge is 2.24. The molecule has 0 saturated carbocycles. The SMILES string of the molecule is FC1OCCCC1NCc1c[nH]c2ccccc12. The van der Waals surface area contributed by atoms with Gasteiger partial charge in [0.2, 0.25) is 6.36 Å². The van der Waals surface area contributed by atoms with Crippen molar-refractivity contribution in [2.75, 3.05) is 6.61 Å². The van der Waals surface area contributed by atoms with Gasteiger partial charge < -0.3 is 15.0 Å². The fourth-order valence-corrected chi connectivity index (χ4v) is 2.46. The van der Waals surface area contributed by atoms with Gasteiger partial charge in [0.25, 0.3) is 0 Å². The lowest BCUT2D eigenvalue weighted by atomic mass is 10.1. The molecule has 2 unspecified atom stereocenters. The van der Waals surface area contributed by atoms with E-state index in [2.05, 4.69) is 16.4 Å². The molecule has 0 spiro atoms. The van der Waals surface area contributed by atoms with E-state index < -0.39 is 6.36 Å². The molecule has 2 aromatic rings. The van der Waals surface area contributed by atoms with Crippen molar-refractivity contribution in [3.8, 4) is 0 Å². The van der Waals surface area contributed by atoms with Crippen molar-refractivity contribution in [1.29, 1.82) is 0 Å². The summed E-state index contributed by atoms with van der Waals surface area (Å²) in [4.78, 5) is 3.22. The second kappa shape index (κ2) is 5.08. The Balaban J connectivity index is 1.69. The van der Waals surface area contributed by atoms with Crippen LogP contribution >= 0.6 is 0 Å². The number of aromatic nitrogens is 1. The maximum Gasteiger partial charge on any atom is 0.214 e. The average molecular weight is 248 g/mol. The van der Waals surface area contributed by atoms with Gasteiger partial charge in [-0.15, -0.1) is 0 Å². The van der Waals surface area contributed by atoms with Crippen molar-refractivity contribution in [2.45, 2.75) is 31.8 Å². The maximum absolute atomic E-state index is 13.5. The van der Waals surface area contributed by atoms with Gasteiger partial charge in [0.1, 0.15) is 0 Å². The second-order valence-corrected chi connectivity index (χ2v) is 4.71. The van der Waals surface area contributed by atoms with Crippen LogP contribution in [0.1, 0.15) is 18.4 Å². The van der Waals surface area contributed by atoms with Crippen LogP contribution in [-0.4, -0.2) is 24.0 Å². The van der Waals surface area contributed by atoms with E-state index in [-0.39, 0.29) is 6.04 Å². The Labute approximate surface area is 105 Å². The highest BCUT2D eigenvalue weighted by atomic mass is 19.1. The van der Waals surface area contributed by atoms with Crippen LogP contribution in [-0.2, 0) is 11.3 Å². The molecule has 3 nitrogen and oxygen atoms in total. The summed E-state index contributed by atoms with van der Waals surface area (Å²) in [7, 11) is 0. The lowest BCUT2D eigenvalue weighted by molar-refractivity contribution is -0.0897. The van der Waals surface area contributed by atoms with Gasteiger partial charge in [0.15, 0.2) is 0 Å². The molecule has 1 aliphatic rings. The van der Waals surface area contributed by atoms with Crippen molar-refractivity contribution in [1.82, 2.24) is 10.3 Å². The third-order valence-corrected chi connectivity index (χ3v) is 3.48. The third kappa shape index (κ3) is 2.26. The van der Waals surface area contributed by atoms with Crippen LogP contribution in [0.15, 0.2) is 30.5 Å². The molecule has 1 fully saturated rings. The third-order valence-electron chi connectivity index (χ3n) is 3.48. The summed E-state index contributed by atoms with van der Waals surface area (Å²) in [5.41, 5.74) is 2.29. The monoisotopic (exact) mass is 248 g/mol. The van der Waals surface area contributed by atoms with E-state index in [0.717, 1.165) is 18.4 Å². The average Bonchev–Trinajstić information content (AvgIpc) is 2.81. The molecule has 1 aliphatic heterocycles. The Kier molecular flexibility index (Phi) is 3.30. The number of alkyl halides is 1. The van der Waals surface area contributed by atoms with Gasteiger partial charge in [-0.3, -0.25) is 0 Å². The lowest BCUT2D eigenvalue weighted by Gasteiger charge is -2.26. The number of hydrogen-bond acceptors (Lipinski definition) is 2. The molecule has 18 heavy (non-hydrogen) atoms. The molecule has 1 aromatic carbocycles. The summed E-state index contributed by atoms with van der Waals surface area (Å²) in [6.45, 7) is 1.20. The van der Waals surface area contributed by atoms with Crippen LogP contribution in [0.4, 0.5) is 4.39 Å². The molecule has 1 saturated heterocycles. The van der Waals surface area contributed by atoms with Crippen LogP contribution in [0.3, 0.4) is 0 Å². The minimum atomic E-state index is -1.18. The molecule has 2 atom stereocenters. The number of rotatable bonds is 3. The molecule has 0 amide bonds. The lowest BCUT2D eigenvalue weighted by Crippen LogP contribution is -2.41. The number of ether oxygens (including phenoxy) is 1. The van der Waals surface area contributed by atoms with Crippen molar-refractivity contribution < 1.29 is 9.13 Å². The van der Waals surface area contributed by atoms with Crippen LogP contribution < -0.4 is 5.32 Å². The molecule has 2 heterocycles. The van der Waals surface area contributed by atoms with E-state index >= 15 is 0 Å². The standard InChI is InChI=1S/C14H17FN2O/c15-14-13(6-3-7-18-14)17-9-10-8-16-12-5-2-1-4-11(10)12/h1-2,4-5,8,13-14,16-17H,3,6-7,9H2. The molecule has 0 bridgehead atoms. The molecule has 0 aliphatic carbocycles. The van der Waals surface area contributed by atoms with E-state index in [9.17, 15) is 4.39 Å². The predicted octanol–water partition coefficient (Wildman–Crippen LogP) is 2.73. The number of benzene rings is 1. The van der Waals surface area contributed by atoms with Gasteiger partial charge in [-0.25, -0.2) is 4.39 Å². The minimum absolute atomic E-state index is 0.188. The molecule has 4 heteroatoms. The van der Waals surface area contributed by atoms with Crippen LogP contribution in [0.5, 0.6) is 0 Å². The van der Waals surface area contributed by atoms with Crippen molar-refractivity contribution in [2.24, 2.45) is 0 Å². The summed E-state index contributed by atoms with van der Waals surface area (Å²) < 4.78 is 18.5. The van der Waals surface area contributed by atoms with Crippen LogP contribution in [0, 0.1) is 0 Å². The summed E-state index contributed by atoms with van der Waals surface area (Å²) in [5, 5.41) is 4.44. The van der Waals surface area contributed by atoms with Gasteiger partial charge in [-0.05, 0) is 24.5 Å².